The zero-order valence-corrected chi connectivity index (χ0v) is 14.7. The topological polar surface area (TPSA) is 58.5 Å². The maximum Gasteiger partial charge on any atom is 0.280 e. The lowest BCUT2D eigenvalue weighted by Gasteiger charge is -2.21. The molecule has 5 nitrogen and oxygen atoms in total. The van der Waals surface area contributed by atoms with Crippen LogP contribution in [0.5, 0.6) is 5.75 Å². The molecule has 1 heterocycles. The van der Waals surface area contributed by atoms with E-state index in [9.17, 15) is 4.79 Å². The van der Waals surface area contributed by atoms with Crippen LogP contribution in [-0.4, -0.2) is 18.3 Å². The summed E-state index contributed by atoms with van der Waals surface area (Å²) in [5.74, 6) is 1.42. The Balaban J connectivity index is 1.70. The van der Waals surface area contributed by atoms with Crippen molar-refractivity contribution in [2.75, 3.05) is 11.9 Å². The zero-order chi connectivity index (χ0) is 17.8. The predicted molar refractivity (Wildman–Crippen MR) is 99.1 cm³/mol. The van der Waals surface area contributed by atoms with Crippen molar-refractivity contribution in [3.63, 3.8) is 0 Å². The molecule has 3 aromatic rings. The summed E-state index contributed by atoms with van der Waals surface area (Å²) in [5, 5.41) is 2.30. The molecule has 0 fully saturated rings. The third kappa shape index (κ3) is 4.32. The third-order valence-electron chi connectivity index (χ3n) is 3.81. The Kier molecular flexibility index (Phi) is 4.93. The van der Waals surface area contributed by atoms with Crippen LogP contribution in [0, 0.1) is 0 Å². The van der Waals surface area contributed by atoms with Gasteiger partial charge in [-0.15, -0.1) is 0 Å². The molecule has 2 aromatic carbocycles. The van der Waals surface area contributed by atoms with E-state index in [-0.39, 0.29) is 11.7 Å². The second-order valence-electron chi connectivity index (χ2n) is 6.29. The molecule has 0 aliphatic rings. The Bertz CT molecular complexity index is 878. The van der Waals surface area contributed by atoms with Crippen molar-refractivity contribution < 1.29 is 9.26 Å². The van der Waals surface area contributed by atoms with Gasteiger partial charge in [0.2, 0.25) is 0 Å². The van der Waals surface area contributed by atoms with Gasteiger partial charge in [0.15, 0.2) is 5.76 Å². The standard InChI is InChI=1S/C20H22N2O3/c1-14(2)24-18-6-4-5-17(11-18)22(3)13-15-7-9-16(10-8-15)19-12-20(23)21-25-19/h4-12,14H,13H2,1-3H3,(H,21,23). The van der Waals surface area contributed by atoms with Crippen molar-refractivity contribution in [3.8, 4) is 17.1 Å². The average molecular weight is 338 g/mol. The number of hydrogen-bond donors (Lipinski definition) is 1. The summed E-state index contributed by atoms with van der Waals surface area (Å²) in [4.78, 5) is 13.3. The molecule has 0 spiro atoms. The molecular formula is C20H22N2O3. The first-order valence-electron chi connectivity index (χ1n) is 8.27. The summed E-state index contributed by atoms with van der Waals surface area (Å²) in [6, 6.07) is 17.5. The highest BCUT2D eigenvalue weighted by atomic mass is 16.5. The van der Waals surface area contributed by atoms with Gasteiger partial charge in [0, 0.05) is 30.9 Å². The van der Waals surface area contributed by atoms with E-state index in [1.54, 1.807) is 0 Å². The fraction of sp³-hybridized carbons (Fsp3) is 0.250. The van der Waals surface area contributed by atoms with Crippen LogP contribution in [0.4, 0.5) is 5.69 Å². The minimum absolute atomic E-state index is 0.154. The molecule has 0 unspecified atom stereocenters. The molecule has 1 aromatic heterocycles. The highest BCUT2D eigenvalue weighted by molar-refractivity contribution is 5.57. The molecule has 0 saturated heterocycles. The molecule has 0 aliphatic carbocycles. The lowest BCUT2D eigenvalue weighted by atomic mass is 10.1. The van der Waals surface area contributed by atoms with Gasteiger partial charge in [-0.25, -0.2) is 0 Å². The largest absolute Gasteiger partial charge is 0.491 e. The lowest BCUT2D eigenvalue weighted by Crippen LogP contribution is -2.16. The quantitative estimate of drug-likeness (QED) is 0.736. The lowest BCUT2D eigenvalue weighted by molar-refractivity contribution is 0.242. The van der Waals surface area contributed by atoms with Crippen LogP contribution in [0.15, 0.2) is 63.9 Å². The highest BCUT2D eigenvalue weighted by Gasteiger charge is 2.07. The number of aromatic nitrogens is 1. The van der Waals surface area contributed by atoms with Gasteiger partial charge >= 0.3 is 0 Å². The van der Waals surface area contributed by atoms with E-state index in [0.29, 0.717) is 5.76 Å². The summed E-state index contributed by atoms with van der Waals surface area (Å²) < 4.78 is 10.9. The monoisotopic (exact) mass is 338 g/mol. The van der Waals surface area contributed by atoms with E-state index in [4.69, 9.17) is 9.26 Å². The second-order valence-corrected chi connectivity index (χ2v) is 6.29. The van der Waals surface area contributed by atoms with Gasteiger partial charge in [0.25, 0.3) is 5.56 Å². The Labute approximate surface area is 146 Å². The number of hydrogen-bond acceptors (Lipinski definition) is 4. The molecule has 0 radical (unpaired) electrons. The first-order chi connectivity index (χ1) is 12.0. The van der Waals surface area contributed by atoms with Crippen LogP contribution in [0.2, 0.25) is 0 Å². The van der Waals surface area contributed by atoms with Crippen molar-refractivity contribution in [1.29, 1.82) is 0 Å². The molecule has 1 N–H and O–H groups in total. The molecular weight excluding hydrogens is 316 g/mol. The molecule has 5 heteroatoms. The van der Waals surface area contributed by atoms with Crippen molar-refractivity contribution in [3.05, 3.63) is 70.5 Å². The number of benzene rings is 2. The number of anilines is 1. The average Bonchev–Trinajstić information content (AvgIpc) is 3.01. The maximum absolute atomic E-state index is 11.2. The van der Waals surface area contributed by atoms with Gasteiger partial charge in [-0.1, -0.05) is 30.3 Å². The van der Waals surface area contributed by atoms with Crippen LogP contribution in [-0.2, 0) is 6.54 Å². The minimum Gasteiger partial charge on any atom is -0.491 e. The van der Waals surface area contributed by atoms with Crippen molar-refractivity contribution in [2.45, 2.75) is 26.5 Å². The fourth-order valence-electron chi connectivity index (χ4n) is 2.63. The van der Waals surface area contributed by atoms with Gasteiger partial charge in [-0.3, -0.25) is 4.79 Å². The van der Waals surface area contributed by atoms with E-state index in [0.717, 1.165) is 23.5 Å². The summed E-state index contributed by atoms with van der Waals surface area (Å²) in [7, 11) is 2.05. The molecule has 0 amide bonds. The molecule has 0 atom stereocenters. The molecule has 0 saturated carbocycles. The first kappa shape index (κ1) is 16.9. The predicted octanol–water partition coefficient (Wildman–Crippen LogP) is 4.06. The summed E-state index contributed by atoms with van der Waals surface area (Å²) in [6.45, 7) is 4.80. The maximum atomic E-state index is 11.2. The van der Waals surface area contributed by atoms with E-state index >= 15 is 0 Å². The second kappa shape index (κ2) is 7.30. The Morgan fingerprint density at radius 3 is 2.52 bits per heavy atom. The van der Waals surface area contributed by atoms with Crippen molar-refractivity contribution in [2.24, 2.45) is 0 Å². The fourth-order valence-corrected chi connectivity index (χ4v) is 2.63. The van der Waals surface area contributed by atoms with Crippen molar-refractivity contribution in [1.82, 2.24) is 5.16 Å². The third-order valence-corrected chi connectivity index (χ3v) is 3.81. The summed E-state index contributed by atoms with van der Waals surface area (Å²) >= 11 is 0. The van der Waals surface area contributed by atoms with Gasteiger partial charge in [0.1, 0.15) is 5.75 Å². The highest BCUT2D eigenvalue weighted by Crippen LogP contribution is 2.23. The SMILES string of the molecule is CC(C)Oc1cccc(N(C)Cc2ccc(-c3cc(=O)[nH]o3)cc2)c1. The van der Waals surface area contributed by atoms with E-state index in [1.807, 2.05) is 63.4 Å². The van der Waals surface area contributed by atoms with Gasteiger partial charge in [0.05, 0.1) is 12.2 Å². The molecule has 130 valence electrons. The Hall–Kier alpha value is -2.95. The van der Waals surface area contributed by atoms with Crippen LogP contribution in [0.1, 0.15) is 19.4 Å². The molecule has 0 bridgehead atoms. The number of rotatable bonds is 6. The number of ether oxygens (including phenoxy) is 1. The zero-order valence-electron chi connectivity index (χ0n) is 14.7. The van der Waals surface area contributed by atoms with Crippen LogP contribution in [0.25, 0.3) is 11.3 Å². The first-order valence-corrected chi connectivity index (χ1v) is 8.27. The minimum atomic E-state index is -0.234. The molecule has 3 rings (SSSR count). The number of nitrogens with one attached hydrogen (secondary N) is 1. The summed E-state index contributed by atoms with van der Waals surface area (Å²) in [6.07, 6.45) is 0.154. The van der Waals surface area contributed by atoms with E-state index < -0.39 is 0 Å². The van der Waals surface area contributed by atoms with Crippen molar-refractivity contribution >= 4 is 5.69 Å². The van der Waals surface area contributed by atoms with Gasteiger partial charge < -0.3 is 14.2 Å². The number of H-pyrrole nitrogens is 1. The normalized spacial score (nSPS) is 10.9. The number of nitrogens with zero attached hydrogens (tertiary/aromatic N) is 1. The van der Waals surface area contributed by atoms with Gasteiger partial charge in [-0.2, -0.15) is 5.16 Å². The summed E-state index contributed by atoms with van der Waals surface area (Å²) in [5.41, 5.74) is 2.90. The van der Waals surface area contributed by atoms with Crippen LogP contribution >= 0.6 is 0 Å². The molecule has 0 aliphatic heterocycles. The van der Waals surface area contributed by atoms with Crippen LogP contribution in [0.3, 0.4) is 0 Å². The van der Waals surface area contributed by atoms with Gasteiger partial charge in [-0.05, 0) is 31.5 Å². The van der Waals surface area contributed by atoms with E-state index in [2.05, 4.69) is 16.1 Å². The Morgan fingerprint density at radius 1 is 1.12 bits per heavy atom. The molecule has 25 heavy (non-hydrogen) atoms. The smallest absolute Gasteiger partial charge is 0.280 e. The number of aromatic amines is 1. The Morgan fingerprint density at radius 2 is 1.88 bits per heavy atom. The van der Waals surface area contributed by atoms with Crippen LogP contribution < -0.4 is 15.2 Å². The van der Waals surface area contributed by atoms with E-state index in [1.165, 1.54) is 11.6 Å².